The number of hydrogen-bond donors (Lipinski definition) is 0. The van der Waals surface area contributed by atoms with Crippen LogP contribution in [0.25, 0.3) is 0 Å². The van der Waals surface area contributed by atoms with Crippen molar-refractivity contribution in [3.63, 3.8) is 0 Å². The van der Waals surface area contributed by atoms with E-state index < -0.39 is 0 Å². The molecule has 11 heavy (non-hydrogen) atoms. The third kappa shape index (κ3) is 3.97. The first kappa shape index (κ1) is 10.4. The second-order valence-electron chi connectivity index (χ2n) is 3.10. The Labute approximate surface area is 68.6 Å². The summed E-state index contributed by atoms with van der Waals surface area (Å²) in [7, 11) is 3.90. The molecule has 0 aromatic heterocycles. The molecule has 0 radical (unpaired) electrons. The van der Waals surface area contributed by atoms with E-state index in [4.69, 9.17) is 10.00 Å². The monoisotopic (exact) mass is 156 g/mol. The van der Waals surface area contributed by atoms with Crippen LogP contribution in [0.15, 0.2) is 0 Å². The van der Waals surface area contributed by atoms with E-state index in [2.05, 4.69) is 0 Å². The van der Waals surface area contributed by atoms with Crippen LogP contribution in [-0.2, 0) is 4.74 Å². The van der Waals surface area contributed by atoms with Gasteiger partial charge in [-0.05, 0) is 27.9 Å². The zero-order valence-electron chi connectivity index (χ0n) is 7.72. The molecule has 0 N–H and O–H groups in total. The Balaban J connectivity index is 3.66. The van der Waals surface area contributed by atoms with E-state index in [0.717, 1.165) is 0 Å². The van der Waals surface area contributed by atoms with E-state index >= 15 is 0 Å². The summed E-state index contributed by atoms with van der Waals surface area (Å²) < 4.78 is 5.43. The van der Waals surface area contributed by atoms with E-state index in [-0.39, 0.29) is 5.72 Å². The molecule has 0 unspecified atom stereocenters. The van der Waals surface area contributed by atoms with Crippen molar-refractivity contribution in [2.75, 3.05) is 20.7 Å². The lowest BCUT2D eigenvalue weighted by atomic mass is 10.3. The molecule has 0 saturated carbocycles. The minimum atomic E-state index is -0.267. The summed E-state index contributed by atoms with van der Waals surface area (Å²) in [6, 6.07) is 2.04. The third-order valence-corrected chi connectivity index (χ3v) is 1.75. The molecule has 0 aliphatic heterocycles. The molecule has 64 valence electrons. The molecule has 0 rings (SSSR count). The van der Waals surface area contributed by atoms with Crippen molar-refractivity contribution in [1.82, 2.24) is 4.90 Å². The predicted molar refractivity (Wildman–Crippen MR) is 43.9 cm³/mol. The minimum Gasteiger partial charge on any atom is -0.360 e. The van der Waals surface area contributed by atoms with Crippen molar-refractivity contribution in [3.8, 4) is 6.07 Å². The molecule has 0 fully saturated rings. The normalized spacial score (nSPS) is 11.6. The van der Waals surface area contributed by atoms with Gasteiger partial charge in [-0.1, -0.05) is 0 Å². The Morgan fingerprint density at radius 1 is 1.45 bits per heavy atom. The topological polar surface area (TPSA) is 36.3 Å². The molecule has 0 saturated heterocycles. The Bertz CT molecular complexity index is 147. The maximum Gasteiger partial charge on any atom is 0.115 e. The fraction of sp³-hybridized carbons (Fsp3) is 0.875. The summed E-state index contributed by atoms with van der Waals surface area (Å²) >= 11 is 0. The van der Waals surface area contributed by atoms with E-state index in [0.29, 0.717) is 13.0 Å². The first-order valence-corrected chi connectivity index (χ1v) is 3.69. The molecule has 0 heterocycles. The number of rotatable bonds is 4. The van der Waals surface area contributed by atoms with Crippen LogP contribution in [0.3, 0.4) is 0 Å². The predicted octanol–water partition coefficient (Wildman–Crippen LogP) is 1.21. The molecule has 0 aliphatic rings. The SMILES string of the molecule is CN(C)C(C)(C)OCCC#N. The fourth-order valence-corrected chi connectivity index (χ4v) is 0.476. The number of nitrogens with zero attached hydrogens (tertiary/aromatic N) is 2. The average molecular weight is 156 g/mol. The molecule has 0 bridgehead atoms. The van der Waals surface area contributed by atoms with Crippen LogP contribution in [0.1, 0.15) is 20.3 Å². The van der Waals surface area contributed by atoms with Gasteiger partial charge < -0.3 is 4.74 Å². The van der Waals surface area contributed by atoms with E-state index in [9.17, 15) is 0 Å². The second kappa shape index (κ2) is 4.32. The highest BCUT2D eigenvalue weighted by molar-refractivity contribution is 4.70. The highest BCUT2D eigenvalue weighted by Crippen LogP contribution is 2.11. The maximum absolute atomic E-state index is 8.26. The minimum absolute atomic E-state index is 0.267. The lowest BCUT2D eigenvalue weighted by Gasteiger charge is -2.32. The largest absolute Gasteiger partial charge is 0.360 e. The highest BCUT2D eigenvalue weighted by Gasteiger charge is 2.19. The molecule has 0 atom stereocenters. The van der Waals surface area contributed by atoms with Crippen molar-refractivity contribution in [2.24, 2.45) is 0 Å². The van der Waals surface area contributed by atoms with Crippen molar-refractivity contribution in [2.45, 2.75) is 26.0 Å². The molecule has 3 heteroatoms. The highest BCUT2D eigenvalue weighted by atomic mass is 16.5. The van der Waals surface area contributed by atoms with Crippen molar-refractivity contribution < 1.29 is 4.74 Å². The van der Waals surface area contributed by atoms with Crippen molar-refractivity contribution >= 4 is 0 Å². The summed E-state index contributed by atoms with van der Waals surface area (Å²) in [5, 5.41) is 8.26. The van der Waals surface area contributed by atoms with Gasteiger partial charge in [-0.15, -0.1) is 0 Å². The summed E-state index contributed by atoms with van der Waals surface area (Å²) in [4.78, 5) is 1.98. The van der Waals surface area contributed by atoms with Gasteiger partial charge in [0.2, 0.25) is 0 Å². The Morgan fingerprint density at radius 3 is 2.36 bits per heavy atom. The van der Waals surface area contributed by atoms with Crippen LogP contribution < -0.4 is 0 Å². The summed E-state index contributed by atoms with van der Waals surface area (Å²) in [6.45, 7) is 4.45. The maximum atomic E-state index is 8.26. The summed E-state index contributed by atoms with van der Waals surface area (Å²) in [5.74, 6) is 0. The van der Waals surface area contributed by atoms with Crippen LogP contribution in [0.5, 0.6) is 0 Å². The third-order valence-electron chi connectivity index (χ3n) is 1.75. The van der Waals surface area contributed by atoms with Crippen LogP contribution >= 0.6 is 0 Å². The summed E-state index contributed by atoms with van der Waals surface area (Å²) in [6.07, 6.45) is 0.456. The second-order valence-corrected chi connectivity index (χ2v) is 3.10. The lowest BCUT2D eigenvalue weighted by Crippen LogP contribution is -2.40. The van der Waals surface area contributed by atoms with Crippen LogP contribution in [0, 0.1) is 11.3 Å². The molecule has 0 spiro atoms. The Kier molecular flexibility index (Phi) is 4.09. The van der Waals surface area contributed by atoms with Gasteiger partial charge in [0.15, 0.2) is 0 Å². The first-order chi connectivity index (χ1) is 5.00. The van der Waals surface area contributed by atoms with E-state index in [1.165, 1.54) is 0 Å². The molecule has 3 nitrogen and oxygen atoms in total. The smallest absolute Gasteiger partial charge is 0.115 e. The van der Waals surface area contributed by atoms with Gasteiger partial charge >= 0.3 is 0 Å². The number of hydrogen-bond acceptors (Lipinski definition) is 3. The fourth-order valence-electron chi connectivity index (χ4n) is 0.476. The van der Waals surface area contributed by atoms with Gasteiger partial charge in [0.25, 0.3) is 0 Å². The van der Waals surface area contributed by atoms with Crippen LogP contribution in [0.4, 0.5) is 0 Å². The van der Waals surface area contributed by atoms with E-state index in [1.54, 1.807) is 0 Å². The molecular formula is C8H16N2O. The van der Waals surface area contributed by atoms with Crippen LogP contribution in [-0.4, -0.2) is 31.3 Å². The quantitative estimate of drug-likeness (QED) is 0.453. The van der Waals surface area contributed by atoms with E-state index in [1.807, 2.05) is 38.9 Å². The molecule has 0 aliphatic carbocycles. The van der Waals surface area contributed by atoms with Gasteiger partial charge in [0.05, 0.1) is 19.1 Å². The van der Waals surface area contributed by atoms with Crippen LogP contribution in [0.2, 0.25) is 0 Å². The van der Waals surface area contributed by atoms with Gasteiger partial charge in [0, 0.05) is 0 Å². The average Bonchev–Trinajstić information content (AvgIpc) is 1.88. The van der Waals surface area contributed by atoms with Crippen molar-refractivity contribution in [1.29, 1.82) is 5.26 Å². The van der Waals surface area contributed by atoms with Crippen molar-refractivity contribution in [3.05, 3.63) is 0 Å². The van der Waals surface area contributed by atoms with Gasteiger partial charge in [0.1, 0.15) is 5.72 Å². The van der Waals surface area contributed by atoms with Gasteiger partial charge in [-0.2, -0.15) is 5.26 Å². The Hall–Kier alpha value is -0.590. The zero-order valence-corrected chi connectivity index (χ0v) is 7.72. The molecule has 0 aromatic rings. The Morgan fingerprint density at radius 2 is 2.00 bits per heavy atom. The summed E-state index contributed by atoms with van der Waals surface area (Å²) in [5.41, 5.74) is -0.267. The molecule has 0 amide bonds. The molecule has 0 aromatic carbocycles. The standard InChI is InChI=1S/C8H16N2O/c1-8(2,10(3)4)11-7-5-6-9/h5,7H2,1-4H3. The lowest BCUT2D eigenvalue weighted by molar-refractivity contribution is -0.108. The zero-order chi connectivity index (χ0) is 8.91. The van der Waals surface area contributed by atoms with Gasteiger partial charge in [-0.25, -0.2) is 0 Å². The first-order valence-electron chi connectivity index (χ1n) is 3.69. The number of ether oxygens (including phenoxy) is 1. The van der Waals surface area contributed by atoms with Gasteiger partial charge in [-0.3, -0.25) is 4.90 Å². The number of nitriles is 1. The molecular weight excluding hydrogens is 140 g/mol.